The Balaban J connectivity index is 1.45. The van der Waals surface area contributed by atoms with Crippen molar-refractivity contribution in [1.29, 1.82) is 0 Å². The highest BCUT2D eigenvalue weighted by Gasteiger charge is 2.40. The average molecular weight is 488 g/mol. The second kappa shape index (κ2) is 11.4. The molecule has 0 aliphatic carbocycles. The number of hydrogen-bond acceptors (Lipinski definition) is 6. The van der Waals surface area contributed by atoms with Gasteiger partial charge in [-0.15, -0.1) is 0 Å². The number of methoxy groups -OCH3 is 2. The SMILES string of the molecule is COc1cc2c(cc1OC)C1CC(COC(=O)N3CCN(C(C)C)CC3)C(CC(C)C)CN1CC2. The fourth-order valence-corrected chi connectivity index (χ4v) is 6.27. The van der Waals surface area contributed by atoms with Gasteiger partial charge in [-0.3, -0.25) is 9.80 Å². The first kappa shape index (κ1) is 26.1. The molecule has 3 unspecified atom stereocenters. The van der Waals surface area contributed by atoms with Gasteiger partial charge in [0.1, 0.15) is 0 Å². The Morgan fingerprint density at radius 3 is 2.29 bits per heavy atom. The molecule has 7 nitrogen and oxygen atoms in total. The van der Waals surface area contributed by atoms with E-state index in [9.17, 15) is 4.79 Å². The third kappa shape index (κ3) is 5.88. The van der Waals surface area contributed by atoms with E-state index < -0.39 is 0 Å². The third-order valence-electron chi connectivity index (χ3n) is 8.27. The number of hydrogen-bond donors (Lipinski definition) is 0. The molecule has 7 heteroatoms. The minimum absolute atomic E-state index is 0.144. The van der Waals surface area contributed by atoms with E-state index in [1.54, 1.807) is 14.2 Å². The highest BCUT2D eigenvalue weighted by Crippen LogP contribution is 2.45. The van der Waals surface area contributed by atoms with Gasteiger partial charge in [0.05, 0.1) is 20.8 Å². The summed E-state index contributed by atoms with van der Waals surface area (Å²) in [6, 6.07) is 5.18. The second-order valence-electron chi connectivity index (χ2n) is 11.2. The van der Waals surface area contributed by atoms with Crippen LogP contribution in [0.5, 0.6) is 11.5 Å². The van der Waals surface area contributed by atoms with Gasteiger partial charge in [-0.25, -0.2) is 4.79 Å². The summed E-state index contributed by atoms with van der Waals surface area (Å²) in [7, 11) is 3.40. The fourth-order valence-electron chi connectivity index (χ4n) is 6.27. The van der Waals surface area contributed by atoms with E-state index in [1.165, 1.54) is 11.1 Å². The lowest BCUT2D eigenvalue weighted by Crippen LogP contribution is -2.51. The Bertz CT molecular complexity index is 866. The fraction of sp³-hybridized carbons (Fsp3) is 0.750. The number of piperidine rings is 1. The molecule has 0 bridgehead atoms. The van der Waals surface area contributed by atoms with Gasteiger partial charge >= 0.3 is 6.09 Å². The highest BCUT2D eigenvalue weighted by atomic mass is 16.6. The minimum Gasteiger partial charge on any atom is -0.493 e. The highest BCUT2D eigenvalue weighted by molar-refractivity contribution is 5.67. The predicted octanol–water partition coefficient (Wildman–Crippen LogP) is 4.45. The summed E-state index contributed by atoms with van der Waals surface area (Å²) in [5.41, 5.74) is 2.70. The lowest BCUT2D eigenvalue weighted by molar-refractivity contribution is 0.00152. The van der Waals surface area contributed by atoms with Crippen LogP contribution in [0.25, 0.3) is 0 Å². The molecule has 3 aliphatic rings. The molecule has 1 aromatic carbocycles. The summed E-state index contributed by atoms with van der Waals surface area (Å²) in [4.78, 5) is 19.9. The van der Waals surface area contributed by atoms with Crippen LogP contribution in [0, 0.1) is 17.8 Å². The maximum atomic E-state index is 12.9. The van der Waals surface area contributed by atoms with E-state index in [0.717, 1.165) is 70.0 Å². The summed E-state index contributed by atoms with van der Waals surface area (Å²) in [6.45, 7) is 15.0. The number of nitrogens with zero attached hydrogens (tertiary/aromatic N) is 3. The first-order chi connectivity index (χ1) is 16.8. The van der Waals surface area contributed by atoms with Crippen LogP contribution in [0.3, 0.4) is 0 Å². The first-order valence-corrected chi connectivity index (χ1v) is 13.4. The van der Waals surface area contributed by atoms with Crippen molar-refractivity contribution in [3.63, 3.8) is 0 Å². The van der Waals surface area contributed by atoms with Crippen molar-refractivity contribution >= 4 is 6.09 Å². The first-order valence-electron chi connectivity index (χ1n) is 13.4. The molecule has 3 aliphatic heterocycles. The summed E-state index contributed by atoms with van der Waals surface area (Å²) < 4.78 is 17.2. The number of rotatable bonds is 7. The molecule has 2 fully saturated rings. The summed E-state index contributed by atoms with van der Waals surface area (Å²) in [5, 5.41) is 0. The summed E-state index contributed by atoms with van der Waals surface area (Å²) in [5.74, 6) is 3.12. The molecule has 2 saturated heterocycles. The molecule has 0 N–H and O–H groups in total. The number of fused-ring (bicyclic) bond motifs is 3. The number of ether oxygens (including phenoxy) is 3. The smallest absolute Gasteiger partial charge is 0.409 e. The van der Waals surface area contributed by atoms with Crippen molar-refractivity contribution < 1.29 is 19.0 Å². The van der Waals surface area contributed by atoms with E-state index >= 15 is 0 Å². The van der Waals surface area contributed by atoms with Gasteiger partial charge in [0.2, 0.25) is 0 Å². The monoisotopic (exact) mass is 487 g/mol. The Kier molecular flexibility index (Phi) is 8.48. The van der Waals surface area contributed by atoms with E-state index in [4.69, 9.17) is 14.2 Å². The maximum absolute atomic E-state index is 12.9. The Morgan fingerprint density at radius 2 is 1.66 bits per heavy atom. The van der Waals surface area contributed by atoms with E-state index in [2.05, 4.69) is 49.6 Å². The van der Waals surface area contributed by atoms with Crippen molar-refractivity contribution in [1.82, 2.24) is 14.7 Å². The normalized spacial score (nSPS) is 25.4. The molecule has 0 saturated carbocycles. The van der Waals surface area contributed by atoms with E-state index in [-0.39, 0.29) is 6.09 Å². The number of benzene rings is 1. The lowest BCUT2D eigenvalue weighted by Gasteiger charge is -2.47. The second-order valence-corrected chi connectivity index (χ2v) is 11.2. The molecule has 3 heterocycles. The van der Waals surface area contributed by atoms with Gasteiger partial charge in [-0.2, -0.15) is 0 Å². The number of carbonyl (C=O) groups excluding carboxylic acids is 1. The molecular formula is C28H45N3O4. The van der Waals surface area contributed by atoms with Crippen LogP contribution in [0.4, 0.5) is 4.79 Å². The summed E-state index contributed by atoms with van der Waals surface area (Å²) in [6.07, 6.45) is 3.06. The molecule has 1 amide bonds. The number of amides is 1. The minimum atomic E-state index is -0.144. The van der Waals surface area contributed by atoms with Crippen molar-refractivity contribution in [2.24, 2.45) is 17.8 Å². The van der Waals surface area contributed by atoms with Crippen molar-refractivity contribution in [3.05, 3.63) is 23.3 Å². The zero-order valence-corrected chi connectivity index (χ0v) is 22.6. The zero-order chi connectivity index (χ0) is 25.1. The van der Waals surface area contributed by atoms with Crippen LogP contribution in [0.2, 0.25) is 0 Å². The summed E-state index contributed by atoms with van der Waals surface area (Å²) >= 11 is 0. The molecule has 196 valence electrons. The zero-order valence-electron chi connectivity index (χ0n) is 22.6. The van der Waals surface area contributed by atoms with Crippen LogP contribution in [0.15, 0.2) is 12.1 Å². The standard InChI is InChI=1S/C28H45N3O4/c1-19(2)13-22-17-31-8-7-21-15-26(33-5)27(34-6)16-24(21)25(31)14-23(22)18-35-28(32)30-11-9-29(10-12-30)20(3)4/h15-16,19-20,22-23,25H,7-14,17-18H2,1-6H3. The van der Waals surface area contributed by atoms with Gasteiger partial charge in [0.15, 0.2) is 11.5 Å². The molecular weight excluding hydrogens is 442 g/mol. The predicted molar refractivity (Wildman–Crippen MR) is 138 cm³/mol. The van der Waals surface area contributed by atoms with Crippen LogP contribution < -0.4 is 9.47 Å². The molecule has 0 radical (unpaired) electrons. The lowest BCUT2D eigenvalue weighted by atomic mass is 9.74. The van der Waals surface area contributed by atoms with Crippen molar-refractivity contribution in [2.45, 2.75) is 59.0 Å². The number of piperazine rings is 1. The third-order valence-corrected chi connectivity index (χ3v) is 8.27. The van der Waals surface area contributed by atoms with Gasteiger partial charge < -0.3 is 19.1 Å². The largest absolute Gasteiger partial charge is 0.493 e. The van der Waals surface area contributed by atoms with E-state index in [0.29, 0.717) is 36.4 Å². The van der Waals surface area contributed by atoms with Gasteiger partial charge in [0.25, 0.3) is 0 Å². The van der Waals surface area contributed by atoms with Crippen LogP contribution in [-0.2, 0) is 11.2 Å². The molecule has 35 heavy (non-hydrogen) atoms. The average Bonchev–Trinajstić information content (AvgIpc) is 2.85. The maximum Gasteiger partial charge on any atom is 0.409 e. The van der Waals surface area contributed by atoms with Crippen molar-refractivity contribution in [3.8, 4) is 11.5 Å². The Labute approximate surface area is 211 Å². The molecule has 4 rings (SSSR count). The molecule has 0 spiro atoms. The van der Waals surface area contributed by atoms with E-state index in [1.807, 2.05) is 4.90 Å². The molecule has 1 aromatic rings. The van der Waals surface area contributed by atoms with Gasteiger partial charge in [-0.05, 0) is 74.1 Å². The topological polar surface area (TPSA) is 54.5 Å². The Morgan fingerprint density at radius 1 is 0.971 bits per heavy atom. The molecule has 0 aromatic heterocycles. The number of carbonyl (C=O) groups is 1. The quantitative estimate of drug-likeness (QED) is 0.567. The van der Waals surface area contributed by atoms with Gasteiger partial charge in [0, 0.05) is 51.4 Å². The van der Waals surface area contributed by atoms with Crippen molar-refractivity contribution in [2.75, 3.05) is 60.1 Å². The Hall–Kier alpha value is -1.99. The van der Waals surface area contributed by atoms with Crippen LogP contribution >= 0.6 is 0 Å². The van der Waals surface area contributed by atoms with Crippen LogP contribution in [-0.4, -0.2) is 86.9 Å². The molecule has 3 atom stereocenters. The van der Waals surface area contributed by atoms with Crippen LogP contribution in [0.1, 0.15) is 57.7 Å². The van der Waals surface area contributed by atoms with Gasteiger partial charge in [-0.1, -0.05) is 13.8 Å².